The van der Waals surface area contributed by atoms with Gasteiger partial charge < -0.3 is 19.8 Å². The number of anilines is 1. The van der Waals surface area contributed by atoms with Crippen LogP contribution in [0.4, 0.5) is 5.69 Å². The van der Waals surface area contributed by atoms with Crippen molar-refractivity contribution in [2.24, 2.45) is 5.10 Å². The summed E-state index contributed by atoms with van der Waals surface area (Å²) < 4.78 is 1.34. The van der Waals surface area contributed by atoms with Crippen molar-refractivity contribution in [2.45, 2.75) is 6.42 Å². The Bertz CT molecular complexity index is 992. The summed E-state index contributed by atoms with van der Waals surface area (Å²) in [5.41, 5.74) is 3.53. The van der Waals surface area contributed by atoms with E-state index in [0.717, 1.165) is 0 Å². The van der Waals surface area contributed by atoms with Crippen LogP contribution < -0.4 is 118 Å². The molecule has 8 nitrogen and oxygen atoms in total. The molecule has 0 aliphatic carbocycles. The molecule has 0 fully saturated rings. The first kappa shape index (κ1) is 26.4. The van der Waals surface area contributed by atoms with Gasteiger partial charge in [0.25, 0.3) is 0 Å². The fourth-order valence-corrected chi connectivity index (χ4v) is 2.41. The van der Waals surface area contributed by atoms with E-state index in [-0.39, 0.29) is 121 Å². The van der Waals surface area contributed by atoms with E-state index in [1.807, 2.05) is 6.07 Å². The standard InChI is InChI=1S/C19H16N4O4.2K/c24-18(25)16(21-20-13-7-3-1-4-8-13)11-15-12-17(19(26)27)22-23(15)14-9-5-2-6-10-14;;/h1-10,12,20H,11H2,(H,24,25)(H,26,27);;/q;2*+1/p-2/b21-16+;;. The van der Waals surface area contributed by atoms with Crippen LogP contribution in [0.15, 0.2) is 71.8 Å². The molecule has 2 aromatic carbocycles. The Hall–Kier alpha value is -0.667. The van der Waals surface area contributed by atoms with Crippen LogP contribution in [0.3, 0.4) is 0 Å². The molecule has 136 valence electrons. The molecule has 0 atom stereocenters. The van der Waals surface area contributed by atoms with Gasteiger partial charge >= 0.3 is 103 Å². The van der Waals surface area contributed by atoms with E-state index in [1.54, 1.807) is 54.6 Å². The molecular weight excluding hydrogens is 426 g/mol. The van der Waals surface area contributed by atoms with E-state index in [0.29, 0.717) is 17.1 Å². The van der Waals surface area contributed by atoms with Gasteiger partial charge in [-0.1, -0.05) is 36.4 Å². The Balaban J connectivity index is 0.00000210. The fraction of sp³-hybridized carbons (Fsp3) is 0.0526. The van der Waals surface area contributed by atoms with Crippen LogP contribution in [0.2, 0.25) is 0 Å². The number of carboxylic acid groups (broad SMARTS) is 2. The number of aromatic nitrogens is 2. The number of nitrogens with zero attached hydrogens (tertiary/aromatic N) is 3. The van der Waals surface area contributed by atoms with Crippen LogP contribution in [0, 0.1) is 0 Å². The number of hydrogen-bond donors (Lipinski definition) is 1. The summed E-state index contributed by atoms with van der Waals surface area (Å²) in [4.78, 5) is 22.6. The van der Waals surface area contributed by atoms with Crippen LogP contribution in [0.25, 0.3) is 5.69 Å². The average Bonchev–Trinajstić information content (AvgIpc) is 3.10. The molecule has 3 rings (SSSR count). The number of aliphatic carboxylic acids is 1. The number of aromatic carboxylic acids is 1. The maximum Gasteiger partial charge on any atom is 1.00 e. The number of nitrogens with one attached hydrogen (secondary N) is 1. The molecule has 29 heavy (non-hydrogen) atoms. The molecule has 0 aliphatic heterocycles. The Morgan fingerprint density at radius 1 is 0.966 bits per heavy atom. The third-order valence-electron chi connectivity index (χ3n) is 3.67. The molecule has 0 spiro atoms. The summed E-state index contributed by atoms with van der Waals surface area (Å²) >= 11 is 0. The molecule has 10 heteroatoms. The summed E-state index contributed by atoms with van der Waals surface area (Å²) in [7, 11) is 0. The summed E-state index contributed by atoms with van der Waals surface area (Å²) in [5, 5.41) is 30.5. The second-order valence-corrected chi connectivity index (χ2v) is 5.56. The van der Waals surface area contributed by atoms with Gasteiger partial charge in [-0.3, -0.25) is 5.43 Å². The van der Waals surface area contributed by atoms with Gasteiger partial charge in [-0.15, -0.1) is 0 Å². The van der Waals surface area contributed by atoms with Crippen molar-refractivity contribution in [3.63, 3.8) is 0 Å². The van der Waals surface area contributed by atoms with Gasteiger partial charge in [0.2, 0.25) is 0 Å². The molecule has 1 heterocycles. The smallest absolute Gasteiger partial charge is 0.543 e. The van der Waals surface area contributed by atoms with Crippen molar-refractivity contribution in [3.8, 4) is 5.69 Å². The number of benzene rings is 2. The predicted octanol–water partition coefficient (Wildman–Crippen LogP) is -6.00. The molecule has 1 N–H and O–H groups in total. The molecule has 0 saturated carbocycles. The normalized spacial score (nSPS) is 10.4. The molecule has 0 saturated heterocycles. The minimum atomic E-state index is -1.48. The molecule has 0 radical (unpaired) electrons. The quantitative estimate of drug-likeness (QED) is 0.222. The predicted molar refractivity (Wildman–Crippen MR) is 94.1 cm³/mol. The van der Waals surface area contributed by atoms with Crippen molar-refractivity contribution in [2.75, 3.05) is 5.43 Å². The SMILES string of the molecule is O=C([O-])/C(Cc1cc(C(=O)[O-])nn1-c1ccccc1)=N/Nc1ccccc1.[K+].[K+]. The maximum absolute atomic E-state index is 11.5. The van der Waals surface area contributed by atoms with Crippen LogP contribution in [0.5, 0.6) is 0 Å². The van der Waals surface area contributed by atoms with E-state index in [2.05, 4.69) is 15.6 Å². The number of carbonyl (C=O) groups is 2. The second-order valence-electron chi connectivity index (χ2n) is 5.56. The zero-order valence-corrected chi connectivity index (χ0v) is 22.3. The van der Waals surface area contributed by atoms with E-state index in [9.17, 15) is 19.8 Å². The summed E-state index contributed by atoms with van der Waals surface area (Å²) in [5.74, 6) is -2.94. The van der Waals surface area contributed by atoms with Crippen molar-refractivity contribution in [1.29, 1.82) is 0 Å². The average molecular weight is 441 g/mol. The summed E-state index contributed by atoms with van der Waals surface area (Å²) in [6.07, 6.45) is -0.197. The Morgan fingerprint density at radius 3 is 2.10 bits per heavy atom. The molecule has 0 aliphatic rings. The molecule has 1 aromatic heterocycles. The molecule has 0 bridgehead atoms. The van der Waals surface area contributed by atoms with Gasteiger partial charge in [0, 0.05) is 6.42 Å². The number of carboxylic acids is 2. The number of hydrogen-bond acceptors (Lipinski definition) is 7. The number of para-hydroxylation sites is 2. The van der Waals surface area contributed by atoms with Gasteiger partial charge in [0.1, 0.15) is 5.69 Å². The van der Waals surface area contributed by atoms with E-state index in [4.69, 9.17) is 0 Å². The van der Waals surface area contributed by atoms with Gasteiger partial charge in [0.05, 0.1) is 34.7 Å². The van der Waals surface area contributed by atoms with Crippen LogP contribution >= 0.6 is 0 Å². The second kappa shape index (κ2) is 12.9. The van der Waals surface area contributed by atoms with Crippen LogP contribution in [0.1, 0.15) is 16.2 Å². The first-order valence-corrected chi connectivity index (χ1v) is 7.99. The van der Waals surface area contributed by atoms with Gasteiger partial charge in [0.15, 0.2) is 0 Å². The minimum absolute atomic E-state index is 0. The first-order valence-electron chi connectivity index (χ1n) is 7.99. The van der Waals surface area contributed by atoms with Crippen molar-refractivity contribution in [3.05, 3.63) is 78.1 Å². The molecule has 0 amide bonds. The fourth-order valence-electron chi connectivity index (χ4n) is 2.41. The largest absolute Gasteiger partial charge is 1.00 e. The Morgan fingerprint density at radius 2 is 1.55 bits per heavy atom. The van der Waals surface area contributed by atoms with E-state index >= 15 is 0 Å². The zero-order valence-electron chi connectivity index (χ0n) is 16.0. The van der Waals surface area contributed by atoms with Crippen LogP contribution in [-0.2, 0) is 11.2 Å². The third kappa shape index (κ3) is 7.51. The summed E-state index contributed by atoms with van der Waals surface area (Å²) in [6.45, 7) is 0. The number of rotatable bonds is 7. The summed E-state index contributed by atoms with van der Waals surface area (Å²) in [6, 6.07) is 18.8. The van der Waals surface area contributed by atoms with Gasteiger partial charge in [-0.05, 0) is 30.3 Å². The van der Waals surface area contributed by atoms with Gasteiger partial charge in [-0.2, -0.15) is 10.2 Å². The number of hydrazone groups is 1. The zero-order chi connectivity index (χ0) is 19.2. The van der Waals surface area contributed by atoms with Crippen molar-refractivity contribution < 1.29 is 123 Å². The number of carbonyl (C=O) groups excluding carboxylic acids is 2. The molecular formula is C19H14K2N4O4. The third-order valence-corrected chi connectivity index (χ3v) is 3.67. The van der Waals surface area contributed by atoms with E-state index < -0.39 is 11.9 Å². The minimum Gasteiger partial charge on any atom is -0.543 e. The van der Waals surface area contributed by atoms with Crippen LogP contribution in [-0.4, -0.2) is 27.4 Å². The topological polar surface area (TPSA) is 122 Å². The van der Waals surface area contributed by atoms with Crippen molar-refractivity contribution >= 4 is 23.3 Å². The van der Waals surface area contributed by atoms with Gasteiger partial charge in [-0.25, -0.2) is 4.68 Å². The maximum atomic E-state index is 11.5. The Kier molecular flexibility index (Phi) is 11.7. The molecule has 3 aromatic rings. The van der Waals surface area contributed by atoms with Crippen molar-refractivity contribution in [1.82, 2.24) is 9.78 Å². The molecule has 0 unspecified atom stereocenters. The monoisotopic (exact) mass is 440 g/mol. The first-order chi connectivity index (χ1) is 13.0. The Labute approximate surface area is 252 Å². The van der Waals surface area contributed by atoms with E-state index in [1.165, 1.54) is 10.7 Å².